The Bertz CT molecular complexity index is 4770. The van der Waals surface area contributed by atoms with Crippen molar-refractivity contribution in [1.82, 2.24) is 0 Å². The summed E-state index contributed by atoms with van der Waals surface area (Å²) in [5.74, 6) is -8.38. The second-order valence-electron chi connectivity index (χ2n) is 26.8. The summed E-state index contributed by atoms with van der Waals surface area (Å²) in [5, 5.41) is 57.6. The molecule has 8 aromatic rings. The van der Waals surface area contributed by atoms with Crippen molar-refractivity contribution in [2.75, 3.05) is 46.7 Å². The van der Waals surface area contributed by atoms with Gasteiger partial charge in [-0.25, -0.2) is 9.59 Å². The predicted molar refractivity (Wildman–Crippen MR) is 415 cm³/mol. The molecule has 0 radical (unpaired) electrons. The number of aliphatic hydroxyl groups excluding tert-OH is 2. The third-order valence-electron chi connectivity index (χ3n) is 17.3. The molecule has 4 heterocycles. The number of aliphatic hydroxyl groups is 4. The van der Waals surface area contributed by atoms with Crippen molar-refractivity contribution in [3.8, 4) is 0 Å². The minimum Gasteiger partial charge on any atom is -0.472 e. The van der Waals surface area contributed by atoms with Crippen molar-refractivity contribution in [2.24, 2.45) is 20.7 Å². The van der Waals surface area contributed by atoms with Crippen LogP contribution in [0.5, 0.6) is 0 Å². The van der Waals surface area contributed by atoms with Gasteiger partial charge in [0, 0.05) is 97.4 Å². The van der Waals surface area contributed by atoms with E-state index in [9.17, 15) is 88.0 Å². The number of benzene rings is 4. The van der Waals surface area contributed by atoms with E-state index in [1.165, 1.54) is 118 Å². The Hall–Kier alpha value is -11.1. The van der Waals surface area contributed by atoms with Crippen LogP contribution in [0.3, 0.4) is 0 Å². The van der Waals surface area contributed by atoms with Crippen LogP contribution >= 0.6 is 46.4 Å². The molecule has 0 amide bonds. The van der Waals surface area contributed by atoms with Crippen LogP contribution in [0.1, 0.15) is 151 Å². The number of hydrogen-bond acceptors (Lipinski definition) is 32. The van der Waals surface area contributed by atoms with E-state index in [0.717, 1.165) is 25.0 Å². The monoisotopic (exact) mass is 1640 g/mol. The number of esters is 2. The molecule has 0 bridgehead atoms. The van der Waals surface area contributed by atoms with Crippen LogP contribution in [-0.4, -0.2) is 127 Å². The normalized spacial score (nSPS) is 12.1. The Kier molecular flexibility index (Phi) is 33.9. The van der Waals surface area contributed by atoms with Gasteiger partial charge in [-0.3, -0.25) is 38.4 Å². The molecule has 4 aromatic carbocycles. The largest absolute Gasteiger partial charge is 0.472 e. The first-order valence-corrected chi connectivity index (χ1v) is 35.5. The molecular weight excluding hydrogens is 1560 g/mol. The van der Waals surface area contributed by atoms with Crippen molar-refractivity contribution in [3.05, 3.63) is 229 Å². The number of nitrogens with one attached hydrogen (secondary N) is 2. The van der Waals surface area contributed by atoms with Crippen LogP contribution in [-0.2, 0) is 74.0 Å². The number of furan rings is 4. The van der Waals surface area contributed by atoms with Gasteiger partial charge < -0.3 is 68.0 Å². The summed E-state index contributed by atoms with van der Waals surface area (Å²) in [6, 6.07) is 19.0. The highest BCUT2D eigenvalue weighted by atomic mass is 35.5. The van der Waals surface area contributed by atoms with Crippen molar-refractivity contribution < 1.29 is 95.5 Å². The summed E-state index contributed by atoms with van der Waals surface area (Å²) in [6.07, 6.45) is 8.31. The number of nitrogens with zero attached hydrogens (tertiary/aromatic N) is 6. The number of carbonyl (C=O) groups is 10. The fourth-order valence-electron chi connectivity index (χ4n) is 10.1. The zero-order valence-corrected chi connectivity index (χ0v) is 66.2. The molecule has 32 nitrogen and oxygen atoms in total. The first-order chi connectivity index (χ1) is 53.0. The molecule has 6 N–H and O–H groups in total. The van der Waals surface area contributed by atoms with E-state index in [-0.39, 0.29) is 59.7 Å². The summed E-state index contributed by atoms with van der Waals surface area (Å²) >= 11 is 24.7. The maximum atomic E-state index is 12.9. The maximum absolute atomic E-state index is 12.9. The average molecular weight is 1650 g/mol. The van der Waals surface area contributed by atoms with Gasteiger partial charge in [-0.2, -0.15) is 0 Å². The summed E-state index contributed by atoms with van der Waals surface area (Å²) < 4.78 is 30.1. The Morgan fingerprint density at radius 1 is 0.460 bits per heavy atom. The highest BCUT2D eigenvalue weighted by molar-refractivity contribution is 6.42. The van der Waals surface area contributed by atoms with Crippen LogP contribution in [0.25, 0.3) is 0 Å². The molecule has 8 rings (SSSR count). The fraction of sp³-hybridized carbons (Fsp3) is 0.351. The van der Waals surface area contributed by atoms with Gasteiger partial charge in [-0.1, -0.05) is 63.7 Å². The number of aryl methyl sites for hydroxylation is 4. The van der Waals surface area contributed by atoms with E-state index in [1.54, 1.807) is 83.5 Å². The Morgan fingerprint density at radius 3 is 1.16 bits per heavy atom. The van der Waals surface area contributed by atoms with Gasteiger partial charge in [0.25, 0.3) is 0 Å². The van der Waals surface area contributed by atoms with Gasteiger partial charge in [0.1, 0.15) is 0 Å². The molecule has 0 aliphatic rings. The molecule has 602 valence electrons. The summed E-state index contributed by atoms with van der Waals surface area (Å²) in [5.41, 5.74) is -0.0369. The molecular formula is C77H82Cl4N8O24. The van der Waals surface area contributed by atoms with Crippen LogP contribution < -0.4 is 20.4 Å². The van der Waals surface area contributed by atoms with Crippen LogP contribution in [0.2, 0.25) is 20.1 Å². The molecule has 0 saturated heterocycles. The zero-order valence-electron chi connectivity index (χ0n) is 63.2. The van der Waals surface area contributed by atoms with Gasteiger partial charge in [0.05, 0.1) is 85.7 Å². The molecule has 0 aliphatic heterocycles. The standard InChI is InChI=1S/C20H23ClN2O6.C19H21ClN2O6.2C19H19ClN2O6/c1-4-17(24)20(3,22-28)18(25)10-23(9-13-5-6-29-11-13)16-8-15(21)12(2)7-14(16)19(26)27;1-11-6-13(18(25)26)15(7-14(11)20)22(8-12-4-5-28-10-12)9-16(23)17(24)19(2,3)21-27;1-11-6-13(15(7-14(11)20)21-8-12-4-5-27-9-12)18(25)28-10-16(23)17(24)19(2,3)22-26;1-11-6-14(16(7-15(11)20)21-8-13-4-5-27-9-13)18(25)28-10-17(24)19(3,22-26)12(2)23/h5-8,11,19,26-27H,4,9-10H2,1-3H3;4-7,10,18,25-26H,8-9H2,1-3H3;2*4-7,9,21H,8,10H2,1-3H3. The number of halogens is 4. The van der Waals surface area contributed by atoms with Gasteiger partial charge in [-0.15, -0.1) is 19.6 Å². The second kappa shape index (κ2) is 41.4. The number of rotatable bonds is 37. The minimum atomic E-state index is -2.08. The van der Waals surface area contributed by atoms with E-state index >= 15 is 0 Å². The first kappa shape index (κ1) is 92.5. The maximum Gasteiger partial charge on any atom is 0.340 e. The predicted octanol–water partition coefficient (Wildman–Crippen LogP) is 13.6. The van der Waals surface area contributed by atoms with E-state index in [1.807, 2.05) is 0 Å². The summed E-state index contributed by atoms with van der Waals surface area (Å²) in [7, 11) is 0. The number of carbonyl (C=O) groups excluding carboxylic acids is 10. The van der Waals surface area contributed by atoms with Crippen molar-refractivity contribution in [1.29, 1.82) is 0 Å². The number of anilines is 4. The molecule has 36 heteroatoms. The molecule has 113 heavy (non-hydrogen) atoms. The SMILES string of the molecule is CC(=O)C(C)(N=O)C(=O)COC(=O)c1cc(C)c(Cl)cc1NCc1ccoc1.CCC(=O)C(C)(N=O)C(=O)CN(Cc1ccoc1)c1cc(Cl)c(C)cc1C(O)O.Cc1cc(C(=O)OCC(=O)C(=O)C(C)(C)N=O)c(NCc2ccoc2)cc1Cl.Cc1cc(C(O)O)c(N(CC(=O)C(=O)C(C)(C)N=O)Cc2ccoc2)cc1Cl. The van der Waals surface area contributed by atoms with Gasteiger partial charge in [0.15, 0.2) is 54.2 Å². The van der Waals surface area contributed by atoms with E-state index in [0.29, 0.717) is 77.9 Å². The third kappa shape index (κ3) is 24.9. The lowest BCUT2D eigenvalue weighted by Gasteiger charge is -2.29. The number of nitroso groups, excluding NO2 is 4. The number of Topliss-reactive ketones (excluding diaryl/α,β-unsaturated/α-hetero) is 8. The Morgan fingerprint density at radius 2 is 0.814 bits per heavy atom. The second-order valence-corrected chi connectivity index (χ2v) is 28.4. The molecule has 2 unspecified atom stereocenters. The third-order valence-corrected chi connectivity index (χ3v) is 19.0. The molecule has 0 fully saturated rings. The lowest BCUT2D eigenvalue weighted by atomic mass is 9.90. The number of hydrogen-bond donors (Lipinski definition) is 6. The van der Waals surface area contributed by atoms with Crippen LogP contribution in [0, 0.1) is 47.3 Å². The fourth-order valence-corrected chi connectivity index (χ4v) is 10.7. The van der Waals surface area contributed by atoms with E-state index < -0.39 is 113 Å². The topological polar surface area (TPSA) is 471 Å². The van der Waals surface area contributed by atoms with Crippen molar-refractivity contribution in [3.63, 3.8) is 0 Å². The van der Waals surface area contributed by atoms with Crippen molar-refractivity contribution in [2.45, 2.75) is 150 Å². The minimum absolute atomic E-state index is 0.0212. The van der Waals surface area contributed by atoms with E-state index in [4.69, 9.17) is 73.5 Å². The molecule has 0 aliphatic carbocycles. The Labute approximate surface area is 666 Å². The average Bonchev–Trinajstić information content (AvgIpc) is 1.58. The quantitative estimate of drug-likeness (QED) is 0.00692. The highest BCUT2D eigenvalue weighted by Gasteiger charge is 2.44. The molecule has 0 saturated carbocycles. The summed E-state index contributed by atoms with van der Waals surface area (Å²) in [4.78, 5) is 169. The first-order valence-electron chi connectivity index (χ1n) is 34.0. The number of ether oxygens (including phenoxy) is 2. The van der Waals surface area contributed by atoms with Crippen molar-refractivity contribution >= 4 is 127 Å². The van der Waals surface area contributed by atoms with Gasteiger partial charge in [-0.05, 0) is 182 Å². The smallest absolute Gasteiger partial charge is 0.340 e. The van der Waals surface area contributed by atoms with E-state index in [2.05, 4.69) is 31.3 Å². The molecule has 4 aromatic heterocycles. The summed E-state index contributed by atoms with van der Waals surface area (Å²) in [6.45, 7) is 15.3. The Balaban J connectivity index is 0.000000269. The molecule has 2 atom stereocenters. The molecule has 0 spiro atoms. The van der Waals surface area contributed by atoms with Gasteiger partial charge >= 0.3 is 11.9 Å². The zero-order chi connectivity index (χ0) is 84.6. The highest BCUT2D eigenvalue weighted by Crippen LogP contribution is 2.36. The van der Waals surface area contributed by atoms with Crippen LogP contribution in [0.4, 0.5) is 22.7 Å². The number of ketones is 8. The van der Waals surface area contributed by atoms with Crippen LogP contribution in [0.15, 0.2) is 161 Å². The van der Waals surface area contributed by atoms with Gasteiger partial charge in [0.2, 0.25) is 40.0 Å². The lowest BCUT2D eigenvalue weighted by molar-refractivity contribution is -0.140. The lowest BCUT2D eigenvalue weighted by Crippen LogP contribution is -2.47.